The third-order valence-electron chi connectivity index (χ3n) is 6.17. The van der Waals surface area contributed by atoms with E-state index in [4.69, 9.17) is 9.52 Å². The summed E-state index contributed by atoms with van der Waals surface area (Å²) in [4.78, 5) is 24.8. The van der Waals surface area contributed by atoms with Crippen LogP contribution in [0.4, 0.5) is 0 Å². The van der Waals surface area contributed by atoms with Crippen LogP contribution >= 0.6 is 11.8 Å². The maximum atomic E-state index is 12.3. The Morgan fingerprint density at radius 2 is 2.03 bits per heavy atom. The summed E-state index contributed by atoms with van der Waals surface area (Å²) in [5.41, 5.74) is 2.84. The minimum atomic E-state index is -0.773. The number of furan rings is 1. The number of amides is 1. The molecular weight excluding hydrogens is 462 g/mol. The molecule has 2 N–H and O–H groups in total. The van der Waals surface area contributed by atoms with Gasteiger partial charge in [-0.05, 0) is 42.4 Å². The predicted molar refractivity (Wildman–Crippen MR) is 139 cm³/mol. The zero-order valence-electron chi connectivity index (χ0n) is 19.6. The monoisotopic (exact) mass is 493 g/mol. The molecule has 1 fully saturated rings. The van der Waals surface area contributed by atoms with Crippen LogP contribution in [0.15, 0.2) is 71.2 Å². The Hall–Kier alpha value is -3.03. The number of benzene rings is 2. The topological polar surface area (TPSA) is 91.0 Å². The van der Waals surface area contributed by atoms with Gasteiger partial charge < -0.3 is 19.5 Å². The lowest BCUT2D eigenvalue weighted by Gasteiger charge is -2.22. The summed E-state index contributed by atoms with van der Waals surface area (Å²) >= 11 is 1.67. The molecule has 0 spiro atoms. The molecule has 184 valence electrons. The molecule has 0 saturated carbocycles. The number of para-hydroxylation sites is 1. The number of aliphatic hydroxyl groups is 1. The van der Waals surface area contributed by atoms with E-state index in [2.05, 4.69) is 0 Å². The molecule has 2 atom stereocenters. The maximum Gasteiger partial charge on any atom is 0.303 e. The summed E-state index contributed by atoms with van der Waals surface area (Å²) in [5.74, 6) is 1.73. The van der Waals surface area contributed by atoms with Crippen molar-refractivity contribution in [3.05, 3.63) is 72.3 Å². The van der Waals surface area contributed by atoms with Crippen LogP contribution in [0.1, 0.15) is 31.2 Å². The molecule has 0 bridgehead atoms. The van der Waals surface area contributed by atoms with E-state index in [1.165, 1.54) is 0 Å². The molecule has 1 saturated heterocycles. The standard InChI is InChI=1S/C28H31NO5S/c30-24(12-10-23-11-13-27(31)29(23)14-16-35-15-4-9-28(32)33)18-20-5-3-7-21(17-20)26-19-22-6-1-2-8-25(22)34-26/h1-3,5-8,10,12,17,19,23-24,30H,4,9,11,13-16,18H2,(H,32,33)/b12-10+/t23-,24+/m0/s1. The molecule has 0 unspecified atom stereocenters. The van der Waals surface area contributed by atoms with Crippen molar-refractivity contribution in [1.29, 1.82) is 0 Å². The van der Waals surface area contributed by atoms with Gasteiger partial charge in [0, 0.05) is 42.5 Å². The lowest BCUT2D eigenvalue weighted by Crippen LogP contribution is -2.34. The Kier molecular flexibility index (Phi) is 8.66. The quantitative estimate of drug-likeness (QED) is 0.268. The second-order valence-electron chi connectivity index (χ2n) is 8.81. The van der Waals surface area contributed by atoms with Gasteiger partial charge in [0.2, 0.25) is 5.91 Å². The van der Waals surface area contributed by atoms with Gasteiger partial charge in [0.15, 0.2) is 0 Å². The van der Waals surface area contributed by atoms with Gasteiger partial charge in [0.05, 0.1) is 12.1 Å². The fraction of sp³-hybridized carbons (Fsp3) is 0.357. The molecule has 2 aromatic carbocycles. The van der Waals surface area contributed by atoms with E-state index in [9.17, 15) is 14.7 Å². The summed E-state index contributed by atoms with van der Waals surface area (Å²) < 4.78 is 5.97. The lowest BCUT2D eigenvalue weighted by molar-refractivity contribution is -0.137. The van der Waals surface area contributed by atoms with Gasteiger partial charge in [-0.15, -0.1) is 0 Å². The number of aliphatic carboxylic acids is 1. The highest BCUT2D eigenvalue weighted by Crippen LogP contribution is 2.28. The molecule has 35 heavy (non-hydrogen) atoms. The van der Waals surface area contributed by atoms with Gasteiger partial charge in [-0.3, -0.25) is 9.59 Å². The Labute approximate surface area is 209 Å². The van der Waals surface area contributed by atoms with Crippen LogP contribution in [-0.2, 0) is 16.0 Å². The molecule has 0 radical (unpaired) electrons. The average molecular weight is 494 g/mol. The molecule has 6 nitrogen and oxygen atoms in total. The summed E-state index contributed by atoms with van der Waals surface area (Å²) in [6.45, 7) is 0.640. The van der Waals surface area contributed by atoms with Crippen LogP contribution in [0.5, 0.6) is 0 Å². The number of carbonyl (C=O) groups excluding carboxylic acids is 1. The van der Waals surface area contributed by atoms with E-state index in [1.54, 1.807) is 17.8 Å². The van der Waals surface area contributed by atoms with E-state index >= 15 is 0 Å². The molecule has 1 aliphatic rings. The number of thioether (sulfide) groups is 1. The van der Waals surface area contributed by atoms with Crippen LogP contribution in [-0.4, -0.2) is 57.2 Å². The third kappa shape index (κ3) is 6.99. The molecule has 3 aromatic rings. The van der Waals surface area contributed by atoms with E-state index in [0.717, 1.165) is 45.8 Å². The molecular formula is C28H31NO5S. The van der Waals surface area contributed by atoms with E-state index < -0.39 is 12.1 Å². The van der Waals surface area contributed by atoms with Crippen molar-refractivity contribution < 1.29 is 24.2 Å². The van der Waals surface area contributed by atoms with Gasteiger partial charge in [0.1, 0.15) is 11.3 Å². The zero-order chi connectivity index (χ0) is 24.6. The normalized spacial score (nSPS) is 17.0. The van der Waals surface area contributed by atoms with Crippen molar-refractivity contribution in [3.63, 3.8) is 0 Å². The van der Waals surface area contributed by atoms with Crippen LogP contribution in [0, 0.1) is 0 Å². The van der Waals surface area contributed by atoms with Gasteiger partial charge >= 0.3 is 5.97 Å². The molecule has 4 rings (SSSR count). The zero-order valence-corrected chi connectivity index (χ0v) is 20.5. The third-order valence-corrected chi connectivity index (χ3v) is 7.22. The fourth-order valence-corrected chi connectivity index (χ4v) is 5.26. The number of rotatable bonds is 12. The highest BCUT2D eigenvalue weighted by Gasteiger charge is 2.28. The van der Waals surface area contributed by atoms with Crippen molar-refractivity contribution >= 4 is 34.6 Å². The van der Waals surface area contributed by atoms with Crippen molar-refractivity contribution in [2.24, 2.45) is 0 Å². The minimum Gasteiger partial charge on any atom is -0.481 e. The average Bonchev–Trinajstić information content (AvgIpc) is 3.43. The van der Waals surface area contributed by atoms with Gasteiger partial charge in [-0.1, -0.05) is 48.6 Å². The number of carboxylic acid groups (broad SMARTS) is 1. The Balaban J connectivity index is 1.30. The van der Waals surface area contributed by atoms with Gasteiger partial charge in [-0.2, -0.15) is 11.8 Å². The summed E-state index contributed by atoms with van der Waals surface area (Å²) in [5, 5.41) is 20.4. The first-order valence-electron chi connectivity index (χ1n) is 12.0. The summed E-state index contributed by atoms with van der Waals surface area (Å²) in [6, 6.07) is 18.0. The number of hydrogen-bond donors (Lipinski definition) is 2. The van der Waals surface area contributed by atoms with Crippen molar-refractivity contribution in [2.75, 3.05) is 18.1 Å². The van der Waals surface area contributed by atoms with Crippen LogP contribution in [0.2, 0.25) is 0 Å². The van der Waals surface area contributed by atoms with Gasteiger partial charge in [-0.25, -0.2) is 0 Å². The number of likely N-dealkylation sites (tertiary alicyclic amines) is 1. The molecule has 7 heteroatoms. The number of aliphatic hydroxyl groups excluding tert-OH is 1. The predicted octanol–water partition coefficient (Wildman–Crippen LogP) is 5.15. The maximum absolute atomic E-state index is 12.3. The van der Waals surface area contributed by atoms with Crippen LogP contribution in [0.25, 0.3) is 22.3 Å². The number of fused-ring (bicyclic) bond motifs is 1. The highest BCUT2D eigenvalue weighted by molar-refractivity contribution is 7.99. The first-order valence-corrected chi connectivity index (χ1v) is 13.2. The minimum absolute atomic E-state index is 0.00125. The SMILES string of the molecule is O=C(O)CCCSCCN1C(=O)CC[C@@H]1/C=C/[C@@H](O)Cc1cccc(-c2cc3ccccc3o2)c1. The van der Waals surface area contributed by atoms with Crippen molar-refractivity contribution in [2.45, 2.75) is 44.2 Å². The molecule has 1 aromatic heterocycles. The Morgan fingerprint density at radius 1 is 1.17 bits per heavy atom. The summed E-state index contributed by atoms with van der Waals surface area (Å²) in [6.07, 6.45) is 5.68. The number of hydrogen-bond acceptors (Lipinski definition) is 5. The van der Waals surface area contributed by atoms with E-state index in [-0.39, 0.29) is 18.4 Å². The first-order chi connectivity index (χ1) is 17.0. The Bertz CT molecular complexity index is 1150. The second kappa shape index (κ2) is 12.1. The smallest absolute Gasteiger partial charge is 0.303 e. The van der Waals surface area contributed by atoms with Crippen LogP contribution < -0.4 is 0 Å². The highest BCUT2D eigenvalue weighted by atomic mass is 32.2. The largest absolute Gasteiger partial charge is 0.481 e. The molecule has 0 aliphatic carbocycles. The summed E-state index contributed by atoms with van der Waals surface area (Å²) in [7, 11) is 0. The first kappa shape index (κ1) is 25.1. The van der Waals surface area contributed by atoms with Crippen molar-refractivity contribution in [1.82, 2.24) is 4.90 Å². The Morgan fingerprint density at radius 3 is 2.86 bits per heavy atom. The van der Waals surface area contributed by atoms with E-state index in [1.807, 2.05) is 65.6 Å². The van der Waals surface area contributed by atoms with Crippen LogP contribution in [0.3, 0.4) is 0 Å². The van der Waals surface area contributed by atoms with Gasteiger partial charge in [0.25, 0.3) is 0 Å². The van der Waals surface area contributed by atoms with E-state index in [0.29, 0.717) is 25.8 Å². The lowest BCUT2D eigenvalue weighted by atomic mass is 10.0. The molecule has 1 amide bonds. The van der Waals surface area contributed by atoms with Crippen molar-refractivity contribution in [3.8, 4) is 11.3 Å². The number of carbonyl (C=O) groups is 2. The number of nitrogens with zero attached hydrogens (tertiary/aromatic N) is 1. The number of carboxylic acids is 1. The molecule has 2 heterocycles. The second-order valence-corrected chi connectivity index (χ2v) is 10.0. The molecule has 1 aliphatic heterocycles. The fourth-order valence-electron chi connectivity index (χ4n) is 4.38.